The average molecular weight is 268 g/mol. The maximum Gasteiger partial charge on any atom is 0.159 e. The standard InChI is InChI=1S/C17H16OS/c18-15-10-5-4-9-14(15)17(16-11-6-12-19-16)13-7-2-1-3-8-13/h1-3,6-8,11-12H,4-5,9-10H2. The first-order chi connectivity index (χ1) is 9.36. The Morgan fingerprint density at radius 3 is 2.42 bits per heavy atom. The van der Waals surface area contributed by atoms with Crippen molar-refractivity contribution in [3.8, 4) is 0 Å². The predicted molar refractivity (Wildman–Crippen MR) is 80.3 cm³/mol. The van der Waals surface area contributed by atoms with Crippen molar-refractivity contribution in [3.63, 3.8) is 0 Å². The molecule has 0 spiro atoms. The molecule has 3 rings (SSSR count). The zero-order valence-electron chi connectivity index (χ0n) is 10.8. The van der Waals surface area contributed by atoms with Crippen LogP contribution in [0.2, 0.25) is 0 Å². The molecule has 1 aliphatic rings. The molecule has 19 heavy (non-hydrogen) atoms. The van der Waals surface area contributed by atoms with Gasteiger partial charge in [-0.2, -0.15) is 0 Å². The highest BCUT2D eigenvalue weighted by molar-refractivity contribution is 7.11. The third kappa shape index (κ3) is 2.54. The lowest BCUT2D eigenvalue weighted by Crippen LogP contribution is -2.11. The third-order valence-corrected chi connectivity index (χ3v) is 4.44. The van der Waals surface area contributed by atoms with Gasteiger partial charge in [0.25, 0.3) is 0 Å². The minimum atomic E-state index is 0.332. The van der Waals surface area contributed by atoms with Gasteiger partial charge >= 0.3 is 0 Å². The number of carbonyl (C=O) groups excluding carboxylic acids is 1. The van der Waals surface area contributed by atoms with Crippen molar-refractivity contribution in [2.24, 2.45) is 0 Å². The van der Waals surface area contributed by atoms with Gasteiger partial charge < -0.3 is 0 Å². The minimum absolute atomic E-state index is 0.332. The maximum absolute atomic E-state index is 12.3. The van der Waals surface area contributed by atoms with E-state index >= 15 is 0 Å². The summed E-state index contributed by atoms with van der Waals surface area (Å²) in [7, 11) is 0. The number of Topliss-reactive ketones (excluding diaryl/α,β-unsaturated/α-hetero) is 1. The number of hydrogen-bond donors (Lipinski definition) is 0. The Labute approximate surface area is 117 Å². The molecule has 96 valence electrons. The van der Waals surface area contributed by atoms with Crippen LogP contribution in [-0.4, -0.2) is 5.78 Å². The van der Waals surface area contributed by atoms with E-state index in [9.17, 15) is 4.79 Å². The van der Waals surface area contributed by atoms with Crippen LogP contribution in [0.1, 0.15) is 36.1 Å². The van der Waals surface area contributed by atoms with Crippen molar-refractivity contribution in [3.05, 3.63) is 63.9 Å². The molecule has 1 aromatic heterocycles. The molecule has 2 aromatic rings. The van der Waals surface area contributed by atoms with Crippen LogP contribution in [0.15, 0.2) is 53.4 Å². The van der Waals surface area contributed by atoms with E-state index in [1.165, 1.54) is 4.88 Å². The molecule has 1 saturated carbocycles. The zero-order valence-corrected chi connectivity index (χ0v) is 11.6. The number of hydrogen-bond acceptors (Lipinski definition) is 2. The van der Waals surface area contributed by atoms with Crippen molar-refractivity contribution in [1.82, 2.24) is 0 Å². The zero-order chi connectivity index (χ0) is 13.1. The van der Waals surface area contributed by atoms with Gasteiger partial charge in [-0.15, -0.1) is 11.3 Å². The number of allylic oxidation sites excluding steroid dienone is 1. The molecule has 1 fully saturated rings. The summed E-state index contributed by atoms with van der Waals surface area (Å²) >= 11 is 1.71. The molecule has 2 heteroatoms. The first-order valence-corrected chi connectivity index (χ1v) is 7.60. The molecule has 1 aromatic carbocycles. The fraction of sp³-hybridized carbons (Fsp3) is 0.235. The second-order valence-electron chi connectivity index (χ2n) is 4.83. The summed E-state index contributed by atoms with van der Waals surface area (Å²) in [5.74, 6) is 0.332. The van der Waals surface area contributed by atoms with Gasteiger partial charge in [-0.3, -0.25) is 4.79 Å². The second-order valence-corrected chi connectivity index (χ2v) is 5.77. The number of ketones is 1. The topological polar surface area (TPSA) is 17.1 Å². The van der Waals surface area contributed by atoms with E-state index in [2.05, 4.69) is 29.6 Å². The van der Waals surface area contributed by atoms with E-state index in [4.69, 9.17) is 0 Å². The molecule has 0 N–H and O–H groups in total. The average Bonchev–Trinajstić information content (AvgIpc) is 2.96. The van der Waals surface area contributed by atoms with Crippen LogP contribution in [0, 0.1) is 0 Å². The van der Waals surface area contributed by atoms with Crippen LogP contribution in [0.4, 0.5) is 0 Å². The summed E-state index contributed by atoms with van der Waals surface area (Å²) < 4.78 is 0. The summed E-state index contributed by atoms with van der Waals surface area (Å²) in [6.45, 7) is 0. The predicted octanol–water partition coefficient (Wildman–Crippen LogP) is 4.69. The van der Waals surface area contributed by atoms with Crippen molar-refractivity contribution in [1.29, 1.82) is 0 Å². The molecule has 0 saturated heterocycles. The molecule has 0 bridgehead atoms. The highest BCUT2D eigenvalue weighted by Crippen LogP contribution is 2.35. The van der Waals surface area contributed by atoms with Gasteiger partial charge in [0.05, 0.1) is 0 Å². The van der Waals surface area contributed by atoms with Crippen LogP contribution in [0.5, 0.6) is 0 Å². The number of rotatable bonds is 2. The fourth-order valence-corrected chi connectivity index (χ4v) is 3.45. The van der Waals surface area contributed by atoms with Crippen molar-refractivity contribution >= 4 is 22.7 Å². The summed E-state index contributed by atoms with van der Waals surface area (Å²) in [6.07, 6.45) is 3.79. The molecule has 1 heterocycles. The lowest BCUT2D eigenvalue weighted by Gasteiger charge is -2.18. The van der Waals surface area contributed by atoms with Gasteiger partial charge in [-0.05, 0) is 36.3 Å². The summed E-state index contributed by atoms with van der Waals surface area (Å²) in [4.78, 5) is 13.5. The van der Waals surface area contributed by atoms with Gasteiger partial charge in [-0.25, -0.2) is 0 Å². The summed E-state index contributed by atoms with van der Waals surface area (Å²) in [5, 5.41) is 2.08. The van der Waals surface area contributed by atoms with Crippen LogP contribution in [-0.2, 0) is 4.79 Å². The number of benzene rings is 1. The molecule has 0 amide bonds. The monoisotopic (exact) mass is 268 g/mol. The molecular weight excluding hydrogens is 252 g/mol. The lowest BCUT2D eigenvalue weighted by atomic mass is 9.86. The first kappa shape index (κ1) is 12.4. The van der Waals surface area contributed by atoms with Crippen molar-refractivity contribution in [2.45, 2.75) is 25.7 Å². The van der Waals surface area contributed by atoms with Gasteiger partial charge in [-0.1, -0.05) is 36.4 Å². The van der Waals surface area contributed by atoms with Crippen molar-refractivity contribution in [2.75, 3.05) is 0 Å². The lowest BCUT2D eigenvalue weighted by molar-refractivity contribution is -0.116. The Hall–Kier alpha value is -1.67. The Bertz CT molecular complexity index is 593. The molecule has 0 aliphatic heterocycles. The Kier molecular flexibility index (Phi) is 3.60. The second kappa shape index (κ2) is 5.54. The molecular formula is C17H16OS. The molecule has 0 unspecified atom stereocenters. The minimum Gasteiger partial charge on any atom is -0.295 e. The fourth-order valence-electron chi connectivity index (χ4n) is 2.63. The smallest absolute Gasteiger partial charge is 0.159 e. The normalized spacial score (nSPS) is 18.4. The Morgan fingerprint density at radius 1 is 0.947 bits per heavy atom. The Balaban J connectivity index is 2.17. The van der Waals surface area contributed by atoms with Gasteiger partial charge in [0.2, 0.25) is 0 Å². The van der Waals surface area contributed by atoms with Gasteiger partial charge in [0.1, 0.15) is 0 Å². The van der Waals surface area contributed by atoms with Crippen LogP contribution >= 0.6 is 11.3 Å². The van der Waals surface area contributed by atoms with E-state index < -0.39 is 0 Å². The molecule has 0 atom stereocenters. The van der Waals surface area contributed by atoms with Crippen LogP contribution in [0.25, 0.3) is 5.57 Å². The Morgan fingerprint density at radius 2 is 1.74 bits per heavy atom. The van der Waals surface area contributed by atoms with Crippen molar-refractivity contribution < 1.29 is 4.79 Å². The SMILES string of the molecule is O=C1CCCCC1=C(c1ccccc1)c1cccs1. The van der Waals surface area contributed by atoms with E-state index in [1.54, 1.807) is 11.3 Å². The third-order valence-electron chi connectivity index (χ3n) is 3.55. The quantitative estimate of drug-likeness (QED) is 0.722. The highest BCUT2D eigenvalue weighted by Gasteiger charge is 2.21. The summed E-state index contributed by atoms with van der Waals surface area (Å²) in [5.41, 5.74) is 3.34. The largest absolute Gasteiger partial charge is 0.295 e. The van der Waals surface area contributed by atoms with Gasteiger partial charge in [0, 0.05) is 22.4 Å². The van der Waals surface area contributed by atoms with Gasteiger partial charge in [0.15, 0.2) is 5.78 Å². The number of thiophene rings is 1. The first-order valence-electron chi connectivity index (χ1n) is 6.72. The van der Waals surface area contributed by atoms with E-state index in [-0.39, 0.29) is 0 Å². The molecule has 1 aliphatic carbocycles. The van der Waals surface area contributed by atoms with Crippen LogP contribution in [0.3, 0.4) is 0 Å². The summed E-state index contributed by atoms with van der Waals surface area (Å²) in [6, 6.07) is 14.5. The van der Waals surface area contributed by atoms with E-state index in [1.807, 2.05) is 18.2 Å². The number of carbonyl (C=O) groups is 1. The maximum atomic E-state index is 12.3. The molecule has 0 radical (unpaired) electrons. The van der Waals surface area contributed by atoms with E-state index in [0.717, 1.165) is 36.0 Å². The highest BCUT2D eigenvalue weighted by atomic mass is 32.1. The molecule has 1 nitrogen and oxygen atoms in total. The van der Waals surface area contributed by atoms with Crippen LogP contribution < -0.4 is 0 Å². The van der Waals surface area contributed by atoms with E-state index in [0.29, 0.717) is 12.2 Å².